The van der Waals surface area contributed by atoms with E-state index in [1.807, 2.05) is 73.7 Å². The summed E-state index contributed by atoms with van der Waals surface area (Å²) in [6.07, 6.45) is 4.37. The molecule has 1 aliphatic heterocycles. The molecule has 262 valence electrons. The fourth-order valence-electron chi connectivity index (χ4n) is 9.45. The molecule has 6 atom stereocenters. The molecule has 0 bridgehead atoms. The monoisotopic (exact) mass is 693 g/mol. The Balaban J connectivity index is 1.30. The van der Waals surface area contributed by atoms with Gasteiger partial charge in [0, 0.05) is 29.5 Å². The Morgan fingerprint density at radius 2 is 1.52 bits per heavy atom. The Bertz CT molecular complexity index is 2140. The van der Waals surface area contributed by atoms with Crippen molar-refractivity contribution in [1.29, 1.82) is 0 Å². The number of carbonyl (C=O) groups is 4. The number of allylic oxidation sites excluding steroid dienone is 4. The maximum Gasteiger partial charge on any atom is 0.233 e. The Morgan fingerprint density at radius 1 is 0.808 bits per heavy atom. The summed E-state index contributed by atoms with van der Waals surface area (Å²) in [5.41, 5.74) is 2.26. The van der Waals surface area contributed by atoms with Crippen LogP contribution in [0, 0.1) is 23.7 Å². The van der Waals surface area contributed by atoms with Crippen LogP contribution in [0.3, 0.4) is 0 Å². The minimum absolute atomic E-state index is 0.116. The van der Waals surface area contributed by atoms with E-state index in [1.165, 1.54) is 11.0 Å². The number of rotatable bonds is 8. The highest BCUT2D eigenvalue weighted by Crippen LogP contribution is 2.64. The molecule has 1 heterocycles. The molecule has 4 aromatic carbocycles. The number of aromatic hydroxyl groups is 2. The minimum Gasteiger partial charge on any atom is -0.508 e. The third kappa shape index (κ3) is 5.11. The van der Waals surface area contributed by atoms with Crippen LogP contribution >= 0.6 is 0 Å². The van der Waals surface area contributed by atoms with E-state index < -0.39 is 35.0 Å². The summed E-state index contributed by atoms with van der Waals surface area (Å²) in [4.78, 5) is 60.1. The predicted octanol–water partition coefficient (Wildman–Crippen LogP) is 6.56. The summed E-state index contributed by atoms with van der Waals surface area (Å²) in [6, 6.07) is 30.4. The number of fused-ring (bicyclic) bond motifs is 4. The topological polar surface area (TPSA) is 121 Å². The molecule has 8 nitrogen and oxygen atoms in total. The summed E-state index contributed by atoms with van der Waals surface area (Å²) >= 11 is 0. The van der Waals surface area contributed by atoms with E-state index in [0.717, 1.165) is 11.1 Å². The van der Waals surface area contributed by atoms with E-state index in [1.54, 1.807) is 42.5 Å². The molecule has 1 saturated heterocycles. The van der Waals surface area contributed by atoms with Gasteiger partial charge in [0.2, 0.25) is 11.8 Å². The maximum atomic E-state index is 15.2. The second-order valence-corrected chi connectivity index (χ2v) is 14.2. The summed E-state index contributed by atoms with van der Waals surface area (Å²) in [5, 5.41) is 21.6. The molecule has 3 aliphatic carbocycles. The Hall–Kier alpha value is -5.76. The molecule has 1 saturated carbocycles. The van der Waals surface area contributed by atoms with Crippen molar-refractivity contribution in [1.82, 2.24) is 4.90 Å². The number of hydrogen-bond acceptors (Lipinski definition) is 7. The number of hydrogen-bond donors (Lipinski definition) is 2. The molecule has 8 rings (SSSR count). The number of imide groups is 1. The molecule has 0 spiro atoms. The van der Waals surface area contributed by atoms with Crippen LogP contribution in [0.4, 0.5) is 0 Å². The van der Waals surface area contributed by atoms with Crippen LogP contribution in [0.25, 0.3) is 5.57 Å². The molecule has 2 fully saturated rings. The zero-order valence-corrected chi connectivity index (χ0v) is 28.8. The van der Waals surface area contributed by atoms with Gasteiger partial charge in [-0.3, -0.25) is 24.1 Å². The first-order valence-corrected chi connectivity index (χ1v) is 17.9. The molecule has 0 aromatic heterocycles. The molecule has 52 heavy (non-hydrogen) atoms. The second-order valence-electron chi connectivity index (χ2n) is 14.2. The molecule has 0 unspecified atom stereocenters. The Kier molecular flexibility index (Phi) is 8.41. The van der Waals surface area contributed by atoms with Crippen LogP contribution < -0.4 is 4.74 Å². The van der Waals surface area contributed by atoms with Crippen molar-refractivity contribution in [3.8, 4) is 17.2 Å². The number of amides is 2. The average molecular weight is 694 g/mol. The smallest absolute Gasteiger partial charge is 0.233 e. The van der Waals surface area contributed by atoms with E-state index in [0.29, 0.717) is 41.7 Å². The van der Waals surface area contributed by atoms with E-state index in [-0.39, 0.29) is 53.6 Å². The maximum absolute atomic E-state index is 15.2. The van der Waals surface area contributed by atoms with Crippen LogP contribution in [0.5, 0.6) is 17.2 Å². The van der Waals surface area contributed by atoms with Gasteiger partial charge in [-0.1, -0.05) is 96.6 Å². The number of phenols is 2. The highest BCUT2D eigenvalue weighted by Gasteiger charge is 2.66. The predicted molar refractivity (Wildman–Crippen MR) is 194 cm³/mol. The standard InChI is InChI=1S/C44H39NO7/c1-2-52-36-15-9-14-32(41(36)49)39-30-20-21-31-38(43(51)45(42(31)50)23-22-26-16-18-29(46)19-17-26)34(30)24-35-40(48)33(27-10-5-3-6-11-27)25-37(47)44(35,39)28-12-7-4-8-13-28/h3-20,25,31,34-35,38-39,46,49H,2,21-24H2,1H3/t31-,34+,35-,38-,39+,44-/m0/s1. The van der Waals surface area contributed by atoms with Crippen LogP contribution in [-0.2, 0) is 31.0 Å². The van der Waals surface area contributed by atoms with Gasteiger partial charge in [0.15, 0.2) is 23.1 Å². The van der Waals surface area contributed by atoms with E-state index in [2.05, 4.69) is 0 Å². The normalized spacial score (nSPS) is 26.6. The van der Waals surface area contributed by atoms with Gasteiger partial charge in [-0.05, 0) is 73.1 Å². The van der Waals surface area contributed by atoms with Gasteiger partial charge < -0.3 is 14.9 Å². The van der Waals surface area contributed by atoms with Gasteiger partial charge in [-0.15, -0.1) is 0 Å². The van der Waals surface area contributed by atoms with Crippen LogP contribution in [0.1, 0.15) is 47.9 Å². The number of phenolic OH excluding ortho intramolecular Hbond substituents is 2. The van der Waals surface area contributed by atoms with Crippen molar-refractivity contribution >= 4 is 29.0 Å². The van der Waals surface area contributed by atoms with Gasteiger partial charge in [-0.2, -0.15) is 0 Å². The number of ether oxygens (including phenoxy) is 1. The van der Waals surface area contributed by atoms with Crippen molar-refractivity contribution in [2.45, 2.75) is 37.5 Å². The van der Waals surface area contributed by atoms with Gasteiger partial charge >= 0.3 is 0 Å². The number of nitrogens with zero attached hydrogens (tertiary/aromatic N) is 1. The number of Topliss-reactive ketones (excluding diaryl/α,β-unsaturated/α-hetero) is 1. The zero-order valence-electron chi connectivity index (χ0n) is 28.8. The highest BCUT2D eigenvalue weighted by atomic mass is 16.5. The summed E-state index contributed by atoms with van der Waals surface area (Å²) in [7, 11) is 0. The Morgan fingerprint density at radius 3 is 2.23 bits per heavy atom. The van der Waals surface area contributed by atoms with Crippen molar-refractivity contribution < 1.29 is 34.1 Å². The third-order valence-electron chi connectivity index (χ3n) is 11.7. The summed E-state index contributed by atoms with van der Waals surface area (Å²) < 4.78 is 5.83. The van der Waals surface area contributed by atoms with Crippen molar-refractivity contribution in [3.63, 3.8) is 0 Å². The molecule has 2 N–H and O–H groups in total. The van der Waals surface area contributed by atoms with Crippen molar-refractivity contribution in [2.24, 2.45) is 23.7 Å². The molecule has 0 radical (unpaired) electrons. The Labute approximate surface area is 302 Å². The first-order valence-electron chi connectivity index (χ1n) is 17.9. The lowest BCUT2D eigenvalue weighted by molar-refractivity contribution is -0.140. The van der Waals surface area contributed by atoms with Gasteiger partial charge in [-0.25, -0.2) is 0 Å². The van der Waals surface area contributed by atoms with Gasteiger partial charge in [0.25, 0.3) is 0 Å². The molecule has 4 aromatic rings. The second kappa shape index (κ2) is 13.1. The van der Waals surface area contributed by atoms with E-state index in [4.69, 9.17) is 4.74 Å². The van der Waals surface area contributed by atoms with Crippen LogP contribution in [0.15, 0.2) is 121 Å². The van der Waals surface area contributed by atoms with Crippen LogP contribution in [0.2, 0.25) is 0 Å². The summed E-state index contributed by atoms with van der Waals surface area (Å²) in [6.45, 7) is 2.32. The fourth-order valence-corrected chi connectivity index (χ4v) is 9.45. The molecular weight excluding hydrogens is 654 g/mol. The first-order chi connectivity index (χ1) is 25.2. The SMILES string of the molecule is CCOc1cccc([C@H]2C3=CC[C@@H]4C(=O)N(CCc5ccc(O)cc5)C(=O)[C@@H]4[C@@H]3C[C@H]3C(=O)C(c4ccccc4)=CC(=O)[C@@]23c2ccccc2)c1O. The van der Waals surface area contributed by atoms with Crippen LogP contribution in [-0.4, -0.2) is 51.6 Å². The van der Waals surface area contributed by atoms with Crippen molar-refractivity contribution in [2.75, 3.05) is 13.2 Å². The zero-order chi connectivity index (χ0) is 36.1. The third-order valence-corrected chi connectivity index (χ3v) is 11.7. The molecule has 8 heteroatoms. The molecular formula is C44H39NO7. The number of ketones is 2. The number of likely N-dealkylation sites (tertiary alicyclic amines) is 1. The number of benzene rings is 4. The van der Waals surface area contributed by atoms with Gasteiger partial charge in [0.05, 0.1) is 23.9 Å². The fraction of sp³-hybridized carbons (Fsp3) is 0.273. The van der Waals surface area contributed by atoms with E-state index in [9.17, 15) is 19.8 Å². The lowest BCUT2D eigenvalue weighted by atomic mass is 9.44. The van der Waals surface area contributed by atoms with E-state index >= 15 is 9.59 Å². The van der Waals surface area contributed by atoms with Crippen molar-refractivity contribution in [3.05, 3.63) is 143 Å². The van der Waals surface area contributed by atoms with Gasteiger partial charge in [0.1, 0.15) is 5.75 Å². The quantitative estimate of drug-likeness (QED) is 0.158. The lowest BCUT2D eigenvalue weighted by Crippen LogP contribution is -2.58. The molecule has 4 aliphatic rings. The number of para-hydroxylation sites is 1. The first kappa shape index (κ1) is 33.4. The minimum atomic E-state index is -1.45. The lowest BCUT2D eigenvalue weighted by Gasteiger charge is -2.55. The average Bonchev–Trinajstić information content (AvgIpc) is 3.41. The largest absolute Gasteiger partial charge is 0.508 e. The molecule has 2 amide bonds. The number of carbonyl (C=O) groups excluding carboxylic acids is 4. The highest BCUT2D eigenvalue weighted by molar-refractivity contribution is 6.31. The summed E-state index contributed by atoms with van der Waals surface area (Å²) in [5.74, 6) is -4.30.